The molecule has 4 aliphatic rings. The predicted octanol–water partition coefficient (Wildman–Crippen LogP) is 0.500. The molecule has 16 nitrogen and oxygen atoms in total. The van der Waals surface area contributed by atoms with Gasteiger partial charge in [0.25, 0.3) is 0 Å². The number of carbonyl (C=O) groups is 3. The lowest BCUT2D eigenvalue weighted by molar-refractivity contribution is -0.338. The van der Waals surface area contributed by atoms with Gasteiger partial charge >= 0.3 is 5.97 Å². The lowest BCUT2D eigenvalue weighted by atomic mass is 9.74. The Morgan fingerprint density at radius 3 is 2.23 bits per heavy atom. The molecule has 53 heavy (non-hydrogen) atoms. The summed E-state index contributed by atoms with van der Waals surface area (Å²) in [6.45, 7) is 4.55. The quantitative estimate of drug-likeness (QED) is 0.0886. The van der Waals surface area contributed by atoms with Crippen molar-refractivity contribution in [2.45, 2.75) is 184 Å². The molecule has 15 atom stereocenters. The van der Waals surface area contributed by atoms with E-state index in [-0.39, 0.29) is 30.5 Å². The van der Waals surface area contributed by atoms with Crippen LogP contribution in [0, 0.1) is 17.8 Å². The van der Waals surface area contributed by atoms with Gasteiger partial charge < -0.3 is 65.4 Å². The summed E-state index contributed by atoms with van der Waals surface area (Å²) in [5.74, 6) is -2.38. The molecule has 4 fully saturated rings. The Kier molecular flexibility index (Phi) is 17.3. The van der Waals surface area contributed by atoms with Crippen LogP contribution in [0.25, 0.3) is 0 Å². The molecule has 2 aliphatic carbocycles. The summed E-state index contributed by atoms with van der Waals surface area (Å²) in [7, 11) is 0. The molecule has 0 aromatic heterocycles. The minimum Gasteiger partial charge on any atom is -0.479 e. The molecular weight excluding hydrogens is 696 g/mol. The topological polar surface area (TPSA) is 257 Å². The zero-order valence-electron chi connectivity index (χ0n) is 31.4. The normalized spacial score (nSPS) is 39.0. The van der Waals surface area contributed by atoms with Crippen LogP contribution >= 0.6 is 0 Å². The number of carboxylic acid groups (broad SMARTS) is 1. The molecule has 2 aliphatic heterocycles. The highest BCUT2D eigenvalue weighted by atomic mass is 16.7. The van der Waals surface area contributed by atoms with E-state index in [2.05, 4.69) is 5.32 Å². The lowest BCUT2D eigenvalue weighted by Gasteiger charge is -2.49. The Bertz CT molecular complexity index is 1160. The van der Waals surface area contributed by atoms with Crippen LogP contribution in [0.15, 0.2) is 0 Å². The van der Waals surface area contributed by atoms with Crippen molar-refractivity contribution in [1.82, 2.24) is 5.32 Å². The van der Waals surface area contributed by atoms with Gasteiger partial charge in [0.1, 0.15) is 48.4 Å². The summed E-state index contributed by atoms with van der Waals surface area (Å²) >= 11 is 0. The minimum atomic E-state index is -1.61. The Balaban J connectivity index is 1.65. The fourth-order valence-electron chi connectivity index (χ4n) is 8.45. The second kappa shape index (κ2) is 20.9. The summed E-state index contributed by atoms with van der Waals surface area (Å²) in [5.41, 5.74) is 5.64. The van der Waals surface area contributed by atoms with E-state index in [1.165, 1.54) is 13.8 Å². The Hall–Kier alpha value is -1.83. The van der Waals surface area contributed by atoms with Crippen molar-refractivity contribution < 1.29 is 68.7 Å². The zero-order valence-corrected chi connectivity index (χ0v) is 31.4. The maximum absolute atomic E-state index is 13.6. The summed E-state index contributed by atoms with van der Waals surface area (Å²) in [6.07, 6.45) is -6.83. The third kappa shape index (κ3) is 11.6. The first-order chi connectivity index (χ1) is 25.3. The molecule has 0 bridgehead atoms. The molecule has 16 heteroatoms. The van der Waals surface area contributed by atoms with Crippen LogP contribution in [0.4, 0.5) is 0 Å². The predicted molar refractivity (Wildman–Crippen MR) is 188 cm³/mol. The Morgan fingerprint density at radius 1 is 0.887 bits per heavy atom. The standard InChI is InChI=1S/C37H64N2O14/c1-4-22-16-23(24(42)13-9-6-10-14-38)17-25(33(22)53-37-32(46)31(45)29(43)19(2)49-37)51-36-28(39-20(3)41)34(30(44)27(18-40)52-36)50-26(35(47)48)15-21-11-7-5-8-12-21/h19,21-23,25-34,36-37,40,43-46H,4-18,38H2,1-3H3,(H,39,41)(H,47,48)/t19?,22?,23?,25-,26+,27+,28?,29-,30+,31+,32?,33-,34?,36-,37+/m1/s1. The number of carboxylic acids is 1. The van der Waals surface area contributed by atoms with Crippen molar-refractivity contribution in [2.24, 2.45) is 23.5 Å². The lowest BCUT2D eigenvalue weighted by Crippen LogP contribution is -2.67. The SMILES string of the molecule is CCC1CC(C(=O)CCCCCN)C[C@@H](O[C@@H]2O[C@@H](CO)[C@H](O)C(O[C@@H](CC3CCCCC3)C(=O)O)C2NC(C)=O)[C@@H]1O[C@@H]1OC(C)[C@@H](O)[C@H](O)C1O. The van der Waals surface area contributed by atoms with E-state index in [4.69, 9.17) is 29.4 Å². The van der Waals surface area contributed by atoms with E-state index in [1.807, 2.05) is 6.92 Å². The van der Waals surface area contributed by atoms with Crippen molar-refractivity contribution in [3.05, 3.63) is 0 Å². The van der Waals surface area contributed by atoms with Crippen LogP contribution < -0.4 is 11.1 Å². The highest BCUT2D eigenvalue weighted by molar-refractivity contribution is 5.81. The zero-order chi connectivity index (χ0) is 38.8. The van der Waals surface area contributed by atoms with E-state index in [9.17, 15) is 45.0 Å². The maximum Gasteiger partial charge on any atom is 0.332 e. The van der Waals surface area contributed by atoms with Gasteiger partial charge in [-0.15, -0.1) is 0 Å². The van der Waals surface area contributed by atoms with Crippen molar-refractivity contribution in [2.75, 3.05) is 13.2 Å². The number of nitrogens with one attached hydrogen (secondary N) is 1. The molecule has 0 radical (unpaired) electrons. The monoisotopic (exact) mass is 760 g/mol. The number of aliphatic hydroxyl groups is 5. The molecule has 0 aromatic rings. The Morgan fingerprint density at radius 2 is 1.60 bits per heavy atom. The van der Waals surface area contributed by atoms with Crippen molar-refractivity contribution in [3.63, 3.8) is 0 Å². The van der Waals surface area contributed by atoms with E-state index in [1.54, 1.807) is 0 Å². The van der Waals surface area contributed by atoms with E-state index < -0.39 is 104 Å². The third-order valence-electron chi connectivity index (χ3n) is 11.5. The highest BCUT2D eigenvalue weighted by Crippen LogP contribution is 2.40. The van der Waals surface area contributed by atoms with Gasteiger partial charge in [0.2, 0.25) is 5.91 Å². The number of hydrogen-bond donors (Lipinski definition) is 8. The molecule has 1 amide bonds. The van der Waals surface area contributed by atoms with Crippen LogP contribution in [0.3, 0.4) is 0 Å². The fraction of sp³-hybridized carbons (Fsp3) is 0.919. The summed E-state index contributed by atoms with van der Waals surface area (Å²) < 4.78 is 31.1. The third-order valence-corrected chi connectivity index (χ3v) is 11.5. The summed E-state index contributed by atoms with van der Waals surface area (Å²) in [6, 6.07) is -1.25. The van der Waals surface area contributed by atoms with Crippen molar-refractivity contribution >= 4 is 17.7 Å². The fourth-order valence-corrected chi connectivity index (χ4v) is 8.45. The smallest absolute Gasteiger partial charge is 0.332 e. The summed E-state index contributed by atoms with van der Waals surface area (Å²) in [4.78, 5) is 38.7. The number of amides is 1. The van der Waals surface area contributed by atoms with E-state index >= 15 is 0 Å². The summed E-state index contributed by atoms with van der Waals surface area (Å²) in [5, 5.41) is 66.3. The number of aliphatic carboxylic acids is 1. The number of Topliss-reactive ketones (excluding diaryl/α,β-unsaturated/α-hetero) is 1. The highest BCUT2D eigenvalue weighted by Gasteiger charge is 2.52. The molecule has 2 saturated carbocycles. The van der Waals surface area contributed by atoms with Gasteiger partial charge in [0.15, 0.2) is 18.7 Å². The van der Waals surface area contributed by atoms with Gasteiger partial charge in [-0.25, -0.2) is 4.79 Å². The second-order valence-corrected chi connectivity index (χ2v) is 15.5. The maximum atomic E-state index is 13.6. The molecule has 4 rings (SSSR count). The largest absolute Gasteiger partial charge is 0.479 e. The molecular formula is C37H64N2O14. The van der Waals surface area contributed by atoms with E-state index in [0.717, 1.165) is 44.9 Å². The Labute approximate surface area is 312 Å². The molecule has 306 valence electrons. The number of nitrogens with two attached hydrogens (primary N) is 1. The number of ketones is 1. The number of ether oxygens (including phenoxy) is 5. The van der Waals surface area contributed by atoms with Gasteiger partial charge in [-0.2, -0.15) is 0 Å². The number of carbonyl (C=O) groups excluding carboxylic acids is 2. The first-order valence-electron chi connectivity index (χ1n) is 19.6. The number of aliphatic hydroxyl groups excluding tert-OH is 5. The number of rotatable bonds is 18. The molecule has 6 unspecified atom stereocenters. The van der Waals surface area contributed by atoms with Crippen LogP contribution in [0.5, 0.6) is 0 Å². The van der Waals surface area contributed by atoms with Gasteiger partial charge in [0, 0.05) is 19.3 Å². The van der Waals surface area contributed by atoms with Gasteiger partial charge in [-0.3, -0.25) is 9.59 Å². The van der Waals surface area contributed by atoms with Crippen LogP contribution in [-0.2, 0) is 38.1 Å². The molecule has 0 spiro atoms. The average Bonchev–Trinajstić information content (AvgIpc) is 3.13. The van der Waals surface area contributed by atoms with E-state index in [0.29, 0.717) is 32.2 Å². The second-order valence-electron chi connectivity index (χ2n) is 15.5. The number of unbranched alkanes of at least 4 members (excludes halogenated alkanes) is 2. The molecule has 2 heterocycles. The minimum absolute atomic E-state index is 0.0356. The molecule has 9 N–H and O–H groups in total. The van der Waals surface area contributed by atoms with Gasteiger partial charge in [-0.05, 0) is 57.4 Å². The first-order valence-corrected chi connectivity index (χ1v) is 19.6. The van der Waals surface area contributed by atoms with Gasteiger partial charge in [0.05, 0.1) is 24.9 Å². The van der Waals surface area contributed by atoms with Crippen molar-refractivity contribution in [1.29, 1.82) is 0 Å². The first kappa shape index (κ1) is 43.9. The van der Waals surface area contributed by atoms with Crippen molar-refractivity contribution in [3.8, 4) is 0 Å². The van der Waals surface area contributed by atoms with Crippen LogP contribution in [-0.4, -0.2) is 141 Å². The molecule has 2 saturated heterocycles. The van der Waals surface area contributed by atoms with Crippen LogP contribution in [0.1, 0.15) is 104 Å². The average molecular weight is 761 g/mol. The van der Waals surface area contributed by atoms with Crippen LogP contribution in [0.2, 0.25) is 0 Å². The molecule has 0 aromatic carbocycles. The number of hydrogen-bond acceptors (Lipinski definition) is 14. The van der Waals surface area contributed by atoms with Gasteiger partial charge in [-0.1, -0.05) is 51.9 Å².